The molecule has 2 aromatic rings. The van der Waals surface area contributed by atoms with Crippen molar-refractivity contribution in [2.75, 3.05) is 6.61 Å². The van der Waals surface area contributed by atoms with Crippen LogP contribution in [0.4, 0.5) is 9.18 Å². The molecule has 1 atom stereocenters. The van der Waals surface area contributed by atoms with E-state index in [1.54, 1.807) is 18.2 Å². The van der Waals surface area contributed by atoms with E-state index in [0.29, 0.717) is 18.6 Å². The van der Waals surface area contributed by atoms with Gasteiger partial charge in [-0.25, -0.2) is 9.18 Å². The molecule has 1 unspecified atom stereocenters. The molecule has 114 valence electrons. The summed E-state index contributed by atoms with van der Waals surface area (Å²) in [5.74, 6) is 0.479. The van der Waals surface area contributed by atoms with Gasteiger partial charge in [0.25, 0.3) is 0 Å². The zero-order valence-corrected chi connectivity index (χ0v) is 12.0. The summed E-state index contributed by atoms with van der Waals surface area (Å²) >= 11 is 0. The predicted molar refractivity (Wildman–Crippen MR) is 81.1 cm³/mol. The zero-order valence-electron chi connectivity index (χ0n) is 12.0. The number of halogens is 1. The van der Waals surface area contributed by atoms with Crippen molar-refractivity contribution in [3.63, 3.8) is 0 Å². The molecule has 2 aromatic carbocycles. The van der Waals surface area contributed by atoms with E-state index in [0.717, 1.165) is 11.3 Å². The maximum atomic E-state index is 13.5. The highest BCUT2D eigenvalue weighted by molar-refractivity contribution is 5.74. The Kier molecular flexibility index (Phi) is 4.23. The smallest absolute Gasteiger partial charge is 0.315 e. The van der Waals surface area contributed by atoms with Gasteiger partial charge >= 0.3 is 6.03 Å². The van der Waals surface area contributed by atoms with Crippen LogP contribution >= 0.6 is 0 Å². The average Bonchev–Trinajstić information content (AvgIpc) is 2.54. The van der Waals surface area contributed by atoms with Gasteiger partial charge in [0.05, 0.1) is 12.6 Å². The van der Waals surface area contributed by atoms with Crippen LogP contribution in [0.5, 0.6) is 5.75 Å². The second-order valence-electron chi connectivity index (χ2n) is 5.15. The van der Waals surface area contributed by atoms with Crippen LogP contribution in [0.2, 0.25) is 0 Å². The minimum absolute atomic E-state index is 0.0921. The molecule has 0 bridgehead atoms. The first kappa shape index (κ1) is 14.4. The van der Waals surface area contributed by atoms with Crippen molar-refractivity contribution in [2.24, 2.45) is 0 Å². The van der Waals surface area contributed by atoms with Gasteiger partial charge in [-0.3, -0.25) is 0 Å². The van der Waals surface area contributed by atoms with Crippen molar-refractivity contribution in [1.29, 1.82) is 0 Å². The van der Waals surface area contributed by atoms with Crippen LogP contribution in [0, 0.1) is 5.82 Å². The maximum Gasteiger partial charge on any atom is 0.315 e. The van der Waals surface area contributed by atoms with Crippen molar-refractivity contribution < 1.29 is 13.9 Å². The third-order valence-corrected chi connectivity index (χ3v) is 3.66. The van der Waals surface area contributed by atoms with Crippen LogP contribution < -0.4 is 15.4 Å². The summed E-state index contributed by atoms with van der Waals surface area (Å²) in [5, 5.41) is 5.60. The molecule has 22 heavy (non-hydrogen) atoms. The van der Waals surface area contributed by atoms with Crippen LogP contribution in [0.25, 0.3) is 0 Å². The van der Waals surface area contributed by atoms with E-state index in [9.17, 15) is 9.18 Å². The normalized spacial score (nSPS) is 16.3. The van der Waals surface area contributed by atoms with Gasteiger partial charge in [-0.05, 0) is 12.1 Å². The molecule has 0 radical (unpaired) electrons. The van der Waals surface area contributed by atoms with E-state index in [4.69, 9.17) is 4.74 Å². The maximum absolute atomic E-state index is 13.5. The number of ether oxygens (including phenoxy) is 1. The van der Waals surface area contributed by atoms with E-state index in [-0.39, 0.29) is 24.4 Å². The summed E-state index contributed by atoms with van der Waals surface area (Å²) in [6, 6.07) is 13.6. The molecule has 1 heterocycles. The molecule has 2 amide bonds. The molecule has 1 aliphatic rings. The first-order valence-corrected chi connectivity index (χ1v) is 7.23. The molecule has 0 aliphatic carbocycles. The summed E-state index contributed by atoms with van der Waals surface area (Å²) in [4.78, 5) is 12.0. The third-order valence-electron chi connectivity index (χ3n) is 3.66. The fraction of sp³-hybridized carbons (Fsp3) is 0.235. The second kappa shape index (κ2) is 6.47. The van der Waals surface area contributed by atoms with Crippen molar-refractivity contribution in [2.45, 2.75) is 19.0 Å². The number of urea groups is 1. The van der Waals surface area contributed by atoms with Gasteiger partial charge in [0.1, 0.15) is 11.6 Å². The molecule has 1 aliphatic heterocycles. The van der Waals surface area contributed by atoms with E-state index in [1.807, 2.05) is 24.3 Å². The second-order valence-corrected chi connectivity index (χ2v) is 5.15. The number of benzene rings is 2. The number of hydrogen-bond acceptors (Lipinski definition) is 2. The van der Waals surface area contributed by atoms with Gasteiger partial charge in [-0.2, -0.15) is 0 Å². The number of carbonyl (C=O) groups is 1. The fourth-order valence-electron chi connectivity index (χ4n) is 2.52. The van der Waals surface area contributed by atoms with Crippen molar-refractivity contribution in [3.8, 4) is 5.75 Å². The Morgan fingerprint density at radius 1 is 1.18 bits per heavy atom. The lowest BCUT2D eigenvalue weighted by Crippen LogP contribution is -2.39. The predicted octanol–water partition coefficient (Wildman–Crippen LogP) is 3.15. The molecular weight excluding hydrogens is 283 g/mol. The summed E-state index contributed by atoms with van der Waals surface area (Å²) < 4.78 is 19.1. The lowest BCUT2D eigenvalue weighted by Gasteiger charge is -2.26. The Morgan fingerprint density at radius 3 is 2.82 bits per heavy atom. The standard InChI is InChI=1S/C17H17FN2O2/c18-14-7-3-1-5-12(14)11-19-17(21)20-15-9-10-22-16-8-4-2-6-13(15)16/h1-8,15H,9-11H2,(H2,19,20,21). The van der Waals surface area contributed by atoms with Crippen LogP contribution in [0.15, 0.2) is 48.5 Å². The highest BCUT2D eigenvalue weighted by Crippen LogP contribution is 2.31. The molecule has 3 rings (SSSR count). The summed E-state index contributed by atoms with van der Waals surface area (Å²) in [6.07, 6.45) is 0.712. The van der Waals surface area contributed by atoms with Gasteiger partial charge in [0.15, 0.2) is 0 Å². The van der Waals surface area contributed by atoms with Gasteiger partial charge in [0.2, 0.25) is 0 Å². The van der Waals surface area contributed by atoms with Gasteiger partial charge in [0, 0.05) is 24.1 Å². The number of para-hydroxylation sites is 1. The average molecular weight is 300 g/mol. The summed E-state index contributed by atoms with van der Waals surface area (Å²) in [6.45, 7) is 0.721. The molecule has 0 aromatic heterocycles. The highest BCUT2D eigenvalue weighted by Gasteiger charge is 2.22. The molecular formula is C17H17FN2O2. The molecule has 4 nitrogen and oxygen atoms in total. The summed E-state index contributed by atoms with van der Waals surface area (Å²) in [7, 11) is 0. The topological polar surface area (TPSA) is 50.4 Å². The number of amides is 2. The Labute approximate surface area is 128 Å². The van der Waals surface area contributed by atoms with Gasteiger partial charge < -0.3 is 15.4 Å². The monoisotopic (exact) mass is 300 g/mol. The van der Waals surface area contributed by atoms with Gasteiger partial charge in [-0.15, -0.1) is 0 Å². The lowest BCUT2D eigenvalue weighted by atomic mass is 10.0. The van der Waals surface area contributed by atoms with Crippen molar-refractivity contribution in [1.82, 2.24) is 10.6 Å². The van der Waals surface area contributed by atoms with Crippen molar-refractivity contribution in [3.05, 3.63) is 65.5 Å². The zero-order chi connectivity index (χ0) is 15.4. The SMILES string of the molecule is O=C(NCc1ccccc1F)NC1CCOc2ccccc21. The van der Waals surface area contributed by atoms with E-state index in [1.165, 1.54) is 6.07 Å². The summed E-state index contributed by atoms with van der Waals surface area (Å²) in [5.41, 5.74) is 1.43. The van der Waals surface area contributed by atoms with E-state index in [2.05, 4.69) is 10.6 Å². The molecule has 0 fully saturated rings. The quantitative estimate of drug-likeness (QED) is 0.915. The molecule has 2 N–H and O–H groups in total. The Bertz CT molecular complexity index is 675. The number of rotatable bonds is 3. The van der Waals surface area contributed by atoms with E-state index < -0.39 is 0 Å². The molecule has 0 spiro atoms. The van der Waals surface area contributed by atoms with Gasteiger partial charge in [-0.1, -0.05) is 36.4 Å². The molecule has 0 saturated carbocycles. The van der Waals surface area contributed by atoms with Crippen LogP contribution in [0.3, 0.4) is 0 Å². The highest BCUT2D eigenvalue weighted by atomic mass is 19.1. The minimum atomic E-state index is -0.320. The number of hydrogen-bond donors (Lipinski definition) is 2. The number of carbonyl (C=O) groups excluding carboxylic acids is 1. The van der Waals surface area contributed by atoms with Crippen LogP contribution in [0.1, 0.15) is 23.6 Å². The largest absolute Gasteiger partial charge is 0.493 e. The Balaban J connectivity index is 1.60. The first-order valence-electron chi connectivity index (χ1n) is 7.23. The third kappa shape index (κ3) is 3.19. The number of fused-ring (bicyclic) bond motifs is 1. The Morgan fingerprint density at radius 2 is 1.95 bits per heavy atom. The van der Waals surface area contributed by atoms with Crippen LogP contribution in [-0.4, -0.2) is 12.6 Å². The minimum Gasteiger partial charge on any atom is -0.493 e. The first-order chi connectivity index (χ1) is 10.7. The van der Waals surface area contributed by atoms with Crippen molar-refractivity contribution >= 4 is 6.03 Å². The van der Waals surface area contributed by atoms with E-state index >= 15 is 0 Å². The Hall–Kier alpha value is -2.56. The number of nitrogens with one attached hydrogen (secondary N) is 2. The lowest BCUT2D eigenvalue weighted by molar-refractivity contribution is 0.223. The molecule has 5 heteroatoms. The fourth-order valence-corrected chi connectivity index (χ4v) is 2.52. The molecule has 0 saturated heterocycles. The van der Waals surface area contributed by atoms with Crippen LogP contribution in [-0.2, 0) is 6.54 Å².